The molecule has 1 rings (SSSR count). The van der Waals surface area contributed by atoms with E-state index < -0.39 is 0 Å². The largest absolute Gasteiger partial charge is 0.475 e. The number of thiocarbonyl (C=S) groups is 1. The molecule has 82 valence electrons. The van der Waals surface area contributed by atoms with Crippen LogP contribution in [0.4, 0.5) is 0 Å². The molecule has 0 heterocycles. The molecule has 0 amide bonds. The van der Waals surface area contributed by atoms with Gasteiger partial charge in [-0.1, -0.05) is 44.7 Å². The number of rotatable bonds is 1. The van der Waals surface area contributed by atoms with Crippen LogP contribution in [-0.4, -0.2) is 10.5 Å². The van der Waals surface area contributed by atoms with Crippen molar-refractivity contribution in [2.24, 2.45) is 0 Å². The molecule has 1 aliphatic carbocycles. The smallest absolute Gasteiger partial charge is 0.217 e. The Labute approximate surface area is 98.0 Å². The van der Waals surface area contributed by atoms with Crippen molar-refractivity contribution in [2.75, 3.05) is 0 Å². The summed E-state index contributed by atoms with van der Waals surface area (Å²) in [5, 5.41) is 0. The SMILES string of the molecule is S=C(S)OC1CCCCCCCCC1. The molecule has 0 spiro atoms. The maximum absolute atomic E-state index is 5.52. The van der Waals surface area contributed by atoms with Gasteiger partial charge in [-0.05, 0) is 37.9 Å². The molecule has 0 aliphatic heterocycles. The highest BCUT2D eigenvalue weighted by Gasteiger charge is 2.11. The highest BCUT2D eigenvalue weighted by molar-refractivity contribution is 8.10. The van der Waals surface area contributed by atoms with Crippen LogP contribution >= 0.6 is 24.8 Å². The summed E-state index contributed by atoms with van der Waals surface area (Å²) in [6.07, 6.45) is 12.1. The summed E-state index contributed by atoms with van der Waals surface area (Å²) in [4.78, 5) is 0. The van der Waals surface area contributed by atoms with Crippen LogP contribution < -0.4 is 0 Å². The fourth-order valence-electron chi connectivity index (χ4n) is 2.03. The van der Waals surface area contributed by atoms with Crippen LogP contribution in [0, 0.1) is 0 Å². The van der Waals surface area contributed by atoms with Crippen molar-refractivity contribution in [3.63, 3.8) is 0 Å². The molecule has 3 heteroatoms. The molecule has 0 aromatic rings. The summed E-state index contributed by atoms with van der Waals surface area (Å²) >= 11 is 8.88. The van der Waals surface area contributed by atoms with Gasteiger partial charge in [0.1, 0.15) is 6.10 Å². The molecule has 0 bridgehead atoms. The van der Waals surface area contributed by atoms with Gasteiger partial charge in [-0.2, -0.15) is 0 Å². The van der Waals surface area contributed by atoms with Crippen molar-refractivity contribution in [3.05, 3.63) is 0 Å². The van der Waals surface area contributed by atoms with Gasteiger partial charge in [-0.15, -0.1) is 0 Å². The van der Waals surface area contributed by atoms with Gasteiger partial charge in [0.15, 0.2) is 0 Å². The lowest BCUT2D eigenvalue weighted by Crippen LogP contribution is -2.14. The fraction of sp³-hybridized carbons (Fsp3) is 0.909. The second-order valence-corrected chi connectivity index (χ2v) is 5.14. The van der Waals surface area contributed by atoms with E-state index in [1.807, 2.05) is 0 Å². The van der Waals surface area contributed by atoms with Crippen molar-refractivity contribution in [3.8, 4) is 0 Å². The van der Waals surface area contributed by atoms with E-state index in [4.69, 9.17) is 17.0 Å². The first-order valence-electron chi connectivity index (χ1n) is 5.68. The van der Waals surface area contributed by atoms with Crippen molar-refractivity contribution in [1.82, 2.24) is 0 Å². The predicted molar refractivity (Wildman–Crippen MR) is 68.0 cm³/mol. The van der Waals surface area contributed by atoms with Crippen molar-refractivity contribution in [2.45, 2.75) is 63.9 Å². The number of ether oxygens (including phenoxy) is 1. The van der Waals surface area contributed by atoms with Crippen LogP contribution in [0.3, 0.4) is 0 Å². The molecule has 0 unspecified atom stereocenters. The van der Waals surface area contributed by atoms with E-state index in [2.05, 4.69) is 12.6 Å². The minimum Gasteiger partial charge on any atom is -0.475 e. The van der Waals surface area contributed by atoms with Crippen molar-refractivity contribution < 1.29 is 4.74 Å². The number of thiol groups is 1. The zero-order valence-corrected chi connectivity index (χ0v) is 10.4. The Bertz CT molecular complexity index is 161. The first kappa shape index (κ1) is 12.3. The molecule has 0 aromatic heterocycles. The Balaban J connectivity index is 2.26. The van der Waals surface area contributed by atoms with Crippen molar-refractivity contribution in [1.29, 1.82) is 0 Å². The third kappa shape index (κ3) is 5.86. The average molecular weight is 232 g/mol. The summed E-state index contributed by atoms with van der Waals surface area (Å²) in [7, 11) is 0. The molecule has 14 heavy (non-hydrogen) atoms. The molecule has 0 atom stereocenters. The lowest BCUT2D eigenvalue weighted by Gasteiger charge is -2.18. The molecule has 1 aliphatic rings. The maximum atomic E-state index is 5.52. The third-order valence-electron chi connectivity index (χ3n) is 2.82. The minimum absolute atomic E-state index is 0.332. The molecular weight excluding hydrogens is 212 g/mol. The number of hydrogen-bond donors (Lipinski definition) is 1. The normalized spacial score (nSPS) is 21.5. The Morgan fingerprint density at radius 3 is 1.79 bits per heavy atom. The maximum Gasteiger partial charge on any atom is 0.217 e. The van der Waals surface area contributed by atoms with Gasteiger partial charge in [0.2, 0.25) is 4.38 Å². The Morgan fingerprint density at radius 2 is 1.36 bits per heavy atom. The van der Waals surface area contributed by atoms with Crippen LogP contribution in [0.15, 0.2) is 0 Å². The van der Waals surface area contributed by atoms with E-state index in [9.17, 15) is 0 Å². The summed E-state index contributed by atoms with van der Waals surface area (Å²) in [6.45, 7) is 0. The van der Waals surface area contributed by atoms with E-state index in [1.54, 1.807) is 0 Å². The van der Waals surface area contributed by atoms with Crippen LogP contribution in [-0.2, 0) is 4.74 Å². The fourth-order valence-corrected chi connectivity index (χ4v) is 2.32. The topological polar surface area (TPSA) is 9.23 Å². The highest BCUT2D eigenvalue weighted by atomic mass is 32.1. The first-order chi connectivity index (χ1) is 6.79. The predicted octanol–water partition coefficient (Wildman–Crippen LogP) is 4.11. The molecular formula is C11H20OS2. The van der Waals surface area contributed by atoms with Gasteiger partial charge in [-0.3, -0.25) is 0 Å². The zero-order chi connectivity index (χ0) is 10.2. The van der Waals surface area contributed by atoms with Gasteiger partial charge in [0, 0.05) is 0 Å². The van der Waals surface area contributed by atoms with Crippen LogP contribution in [0.25, 0.3) is 0 Å². The molecule has 1 saturated carbocycles. The van der Waals surface area contributed by atoms with E-state index in [-0.39, 0.29) is 0 Å². The molecule has 0 aromatic carbocycles. The van der Waals surface area contributed by atoms with Gasteiger partial charge in [0.25, 0.3) is 0 Å². The molecule has 1 fully saturated rings. The summed E-state index contributed by atoms with van der Waals surface area (Å²) in [5.74, 6) is 0. The average Bonchev–Trinajstić information content (AvgIpc) is 2.15. The third-order valence-corrected chi connectivity index (χ3v) is 3.02. The van der Waals surface area contributed by atoms with Crippen LogP contribution in [0.5, 0.6) is 0 Å². The van der Waals surface area contributed by atoms with Crippen LogP contribution in [0.2, 0.25) is 0 Å². The van der Waals surface area contributed by atoms with Gasteiger partial charge in [0.05, 0.1) is 0 Å². The van der Waals surface area contributed by atoms with E-state index in [0.29, 0.717) is 10.5 Å². The number of hydrogen-bond acceptors (Lipinski definition) is 2. The standard InChI is InChI=1S/C11H20OS2/c13-11(14)12-10-8-6-4-2-1-3-5-7-9-10/h10H,1-9H2,(H,13,14). The van der Waals surface area contributed by atoms with E-state index in [0.717, 1.165) is 12.8 Å². The van der Waals surface area contributed by atoms with Gasteiger partial charge in [-0.25, -0.2) is 0 Å². The van der Waals surface area contributed by atoms with E-state index >= 15 is 0 Å². The minimum atomic E-state index is 0.332. The second-order valence-electron chi connectivity index (χ2n) is 4.06. The Morgan fingerprint density at radius 1 is 0.929 bits per heavy atom. The lowest BCUT2D eigenvalue weighted by molar-refractivity contribution is 0.169. The molecule has 1 nitrogen and oxygen atoms in total. The second kappa shape index (κ2) is 7.52. The summed E-state index contributed by atoms with van der Waals surface area (Å²) in [6, 6.07) is 0. The van der Waals surface area contributed by atoms with Gasteiger partial charge < -0.3 is 4.74 Å². The molecule has 0 radical (unpaired) electrons. The summed E-state index contributed by atoms with van der Waals surface area (Å²) < 4.78 is 5.93. The van der Waals surface area contributed by atoms with Gasteiger partial charge >= 0.3 is 0 Å². The lowest BCUT2D eigenvalue weighted by atomic mass is 9.99. The highest BCUT2D eigenvalue weighted by Crippen LogP contribution is 2.19. The molecule has 0 saturated heterocycles. The quantitative estimate of drug-likeness (QED) is 0.538. The monoisotopic (exact) mass is 232 g/mol. The Hall–Kier alpha value is 0.240. The molecule has 0 N–H and O–H groups in total. The summed E-state index contributed by atoms with van der Waals surface area (Å²) in [5.41, 5.74) is 0. The Kier molecular flexibility index (Phi) is 6.61. The van der Waals surface area contributed by atoms with E-state index in [1.165, 1.54) is 44.9 Å². The van der Waals surface area contributed by atoms with Crippen LogP contribution in [0.1, 0.15) is 57.8 Å². The zero-order valence-electron chi connectivity index (χ0n) is 8.71. The first-order valence-corrected chi connectivity index (χ1v) is 6.54. The van der Waals surface area contributed by atoms with Crippen molar-refractivity contribution >= 4 is 29.2 Å².